The second-order valence-electron chi connectivity index (χ2n) is 4.29. The number of oxazole rings is 1. The number of aryl methyl sites for hydroxylation is 1. The van der Waals surface area contributed by atoms with Gasteiger partial charge in [0.05, 0.1) is 5.69 Å². The number of piperazine rings is 1. The Balaban J connectivity index is 2.18. The Morgan fingerprint density at radius 1 is 1.29 bits per heavy atom. The molecule has 0 radical (unpaired) electrons. The molecule has 0 saturated carbocycles. The third-order valence-electron chi connectivity index (χ3n) is 3.24. The molecule has 0 bridgehead atoms. The topological polar surface area (TPSA) is 50.4 Å². The number of nitrogens with zero attached hydrogens (tertiary/aromatic N) is 2. The van der Waals surface area contributed by atoms with Gasteiger partial charge in [0.25, 0.3) is 0 Å². The first-order valence-electron chi connectivity index (χ1n) is 5.81. The van der Waals surface area contributed by atoms with Crippen LogP contribution in [0.2, 0.25) is 0 Å². The number of hydrogen-bond acceptors (Lipinski definition) is 4. The van der Waals surface area contributed by atoms with Crippen LogP contribution < -0.4 is 16.0 Å². The van der Waals surface area contributed by atoms with Gasteiger partial charge in [-0.25, -0.2) is 4.79 Å². The molecule has 0 amide bonds. The number of fused-ring (bicyclic) bond motifs is 1. The molecule has 0 atom stereocenters. The quantitative estimate of drug-likeness (QED) is 0.781. The number of para-hydroxylation sites is 1. The van der Waals surface area contributed by atoms with Crippen LogP contribution in [-0.4, -0.2) is 30.7 Å². The zero-order chi connectivity index (χ0) is 11.8. The highest BCUT2D eigenvalue weighted by Crippen LogP contribution is 2.25. The first kappa shape index (κ1) is 10.4. The van der Waals surface area contributed by atoms with E-state index in [4.69, 9.17) is 4.42 Å². The summed E-state index contributed by atoms with van der Waals surface area (Å²) in [4.78, 5) is 13.8. The third kappa shape index (κ3) is 1.63. The number of benzene rings is 1. The first-order chi connectivity index (χ1) is 8.27. The van der Waals surface area contributed by atoms with Crippen molar-refractivity contribution in [3.8, 4) is 0 Å². The second-order valence-corrected chi connectivity index (χ2v) is 4.29. The van der Waals surface area contributed by atoms with E-state index in [1.165, 1.54) is 0 Å². The van der Waals surface area contributed by atoms with E-state index in [2.05, 4.69) is 10.2 Å². The van der Waals surface area contributed by atoms with Gasteiger partial charge in [0.2, 0.25) is 0 Å². The van der Waals surface area contributed by atoms with Crippen molar-refractivity contribution in [2.45, 2.75) is 0 Å². The molecule has 0 aliphatic carbocycles. The highest BCUT2D eigenvalue weighted by Gasteiger charge is 2.17. The molecule has 1 saturated heterocycles. The van der Waals surface area contributed by atoms with Gasteiger partial charge in [0, 0.05) is 33.2 Å². The van der Waals surface area contributed by atoms with E-state index in [1.807, 2.05) is 18.2 Å². The smallest absolute Gasteiger partial charge is 0.408 e. The van der Waals surface area contributed by atoms with Crippen molar-refractivity contribution in [2.75, 3.05) is 31.1 Å². The van der Waals surface area contributed by atoms with Crippen molar-refractivity contribution in [3.63, 3.8) is 0 Å². The number of rotatable bonds is 1. The molecule has 0 spiro atoms. The van der Waals surface area contributed by atoms with Crippen molar-refractivity contribution in [2.24, 2.45) is 7.05 Å². The summed E-state index contributed by atoms with van der Waals surface area (Å²) < 4.78 is 6.77. The van der Waals surface area contributed by atoms with E-state index < -0.39 is 0 Å². The lowest BCUT2D eigenvalue weighted by Gasteiger charge is -2.29. The second kappa shape index (κ2) is 3.92. The molecule has 1 aliphatic heterocycles. The number of aromatic nitrogens is 1. The molecule has 0 unspecified atom stereocenters. The number of hydrogen-bond donors (Lipinski definition) is 1. The van der Waals surface area contributed by atoms with Gasteiger partial charge in [-0.3, -0.25) is 4.57 Å². The minimum Gasteiger partial charge on any atom is -0.408 e. The van der Waals surface area contributed by atoms with E-state index in [0.29, 0.717) is 5.58 Å². The van der Waals surface area contributed by atoms with E-state index in [-0.39, 0.29) is 5.76 Å². The minimum atomic E-state index is -0.303. The Kier molecular flexibility index (Phi) is 2.40. The van der Waals surface area contributed by atoms with Crippen LogP contribution in [0.3, 0.4) is 0 Å². The van der Waals surface area contributed by atoms with Crippen molar-refractivity contribution in [3.05, 3.63) is 28.7 Å². The Hall–Kier alpha value is -1.75. The van der Waals surface area contributed by atoms with Gasteiger partial charge < -0.3 is 14.6 Å². The summed E-state index contributed by atoms with van der Waals surface area (Å²) in [5.41, 5.74) is 2.63. The molecular formula is C12H15N3O2. The molecule has 17 heavy (non-hydrogen) atoms. The first-order valence-corrected chi connectivity index (χ1v) is 5.81. The molecule has 3 rings (SSSR count). The van der Waals surface area contributed by atoms with E-state index in [0.717, 1.165) is 37.4 Å². The summed E-state index contributed by atoms with van der Waals surface area (Å²) in [6.45, 7) is 3.86. The van der Waals surface area contributed by atoms with Crippen LogP contribution in [0, 0.1) is 0 Å². The molecule has 1 fully saturated rings. The van der Waals surface area contributed by atoms with Crippen LogP contribution in [-0.2, 0) is 7.05 Å². The number of anilines is 1. The highest BCUT2D eigenvalue weighted by molar-refractivity contribution is 5.87. The van der Waals surface area contributed by atoms with Crippen LogP contribution in [0.4, 0.5) is 5.69 Å². The maximum Gasteiger partial charge on any atom is 0.419 e. The van der Waals surface area contributed by atoms with Crippen molar-refractivity contribution < 1.29 is 4.42 Å². The summed E-state index contributed by atoms with van der Waals surface area (Å²) in [5.74, 6) is -0.303. The van der Waals surface area contributed by atoms with Crippen molar-refractivity contribution >= 4 is 16.8 Å². The minimum absolute atomic E-state index is 0.303. The monoisotopic (exact) mass is 233 g/mol. The van der Waals surface area contributed by atoms with E-state index in [9.17, 15) is 4.79 Å². The molecule has 1 aliphatic rings. The Morgan fingerprint density at radius 2 is 2.06 bits per heavy atom. The van der Waals surface area contributed by atoms with Gasteiger partial charge in [-0.05, 0) is 12.1 Å². The maximum absolute atomic E-state index is 11.5. The van der Waals surface area contributed by atoms with Crippen LogP contribution in [0.25, 0.3) is 11.1 Å². The molecule has 90 valence electrons. The lowest BCUT2D eigenvalue weighted by molar-refractivity contribution is 0.528. The van der Waals surface area contributed by atoms with E-state index >= 15 is 0 Å². The normalized spacial score (nSPS) is 16.6. The zero-order valence-corrected chi connectivity index (χ0v) is 9.77. The van der Waals surface area contributed by atoms with Crippen LogP contribution in [0.15, 0.2) is 27.4 Å². The summed E-state index contributed by atoms with van der Waals surface area (Å²) in [6.07, 6.45) is 0. The van der Waals surface area contributed by atoms with Gasteiger partial charge in [-0.15, -0.1) is 0 Å². The van der Waals surface area contributed by atoms with Gasteiger partial charge in [0.15, 0.2) is 5.58 Å². The fraction of sp³-hybridized carbons (Fsp3) is 0.417. The maximum atomic E-state index is 11.5. The molecule has 2 aromatic rings. The zero-order valence-electron chi connectivity index (χ0n) is 9.77. The molecule has 5 heteroatoms. The van der Waals surface area contributed by atoms with Gasteiger partial charge >= 0.3 is 5.76 Å². The average Bonchev–Trinajstić information content (AvgIpc) is 2.66. The molecule has 5 nitrogen and oxygen atoms in total. The molecule has 1 aromatic carbocycles. The fourth-order valence-corrected chi connectivity index (χ4v) is 2.34. The standard InChI is InChI=1S/C12H15N3O2/c1-14-11-9(15-7-5-13-6-8-15)3-2-4-10(11)17-12(14)16/h2-4,13H,5-8H2,1H3. The Morgan fingerprint density at radius 3 is 2.82 bits per heavy atom. The largest absolute Gasteiger partial charge is 0.419 e. The van der Waals surface area contributed by atoms with Gasteiger partial charge in [0.1, 0.15) is 5.52 Å². The summed E-state index contributed by atoms with van der Waals surface area (Å²) in [6, 6.07) is 5.81. The lowest BCUT2D eigenvalue weighted by atomic mass is 10.2. The summed E-state index contributed by atoms with van der Waals surface area (Å²) in [7, 11) is 1.75. The Labute approximate surface area is 98.6 Å². The van der Waals surface area contributed by atoms with E-state index in [1.54, 1.807) is 11.6 Å². The van der Waals surface area contributed by atoms with Gasteiger partial charge in [-0.1, -0.05) is 6.07 Å². The predicted octanol–water partition coefficient (Wildman–Crippen LogP) is 0.541. The molecule has 1 aromatic heterocycles. The summed E-state index contributed by atoms with van der Waals surface area (Å²) in [5, 5.41) is 3.32. The molecule has 1 N–H and O–H groups in total. The van der Waals surface area contributed by atoms with Crippen LogP contribution >= 0.6 is 0 Å². The van der Waals surface area contributed by atoms with Crippen LogP contribution in [0.1, 0.15) is 0 Å². The van der Waals surface area contributed by atoms with Gasteiger partial charge in [-0.2, -0.15) is 0 Å². The van der Waals surface area contributed by atoms with Crippen molar-refractivity contribution in [1.29, 1.82) is 0 Å². The van der Waals surface area contributed by atoms with Crippen molar-refractivity contribution in [1.82, 2.24) is 9.88 Å². The fourth-order valence-electron chi connectivity index (χ4n) is 2.34. The van der Waals surface area contributed by atoms with Crippen LogP contribution in [0.5, 0.6) is 0 Å². The average molecular weight is 233 g/mol. The molecular weight excluding hydrogens is 218 g/mol. The Bertz CT molecular complexity index is 593. The summed E-state index contributed by atoms with van der Waals surface area (Å²) >= 11 is 0. The molecule has 2 heterocycles. The lowest BCUT2D eigenvalue weighted by Crippen LogP contribution is -2.43. The SMILES string of the molecule is Cn1c(=O)oc2cccc(N3CCNCC3)c21. The predicted molar refractivity (Wildman–Crippen MR) is 66.5 cm³/mol. The third-order valence-corrected chi connectivity index (χ3v) is 3.24. The highest BCUT2D eigenvalue weighted by atomic mass is 16.4. The number of nitrogens with one attached hydrogen (secondary N) is 1.